The lowest BCUT2D eigenvalue weighted by Crippen LogP contribution is -2.32. The maximum Gasteiger partial charge on any atom is 0.227 e. The van der Waals surface area contributed by atoms with E-state index in [4.69, 9.17) is 4.74 Å². The third-order valence-electron chi connectivity index (χ3n) is 4.12. The van der Waals surface area contributed by atoms with E-state index in [1.165, 1.54) is 0 Å². The Balaban J connectivity index is 1.56. The molecule has 1 aliphatic heterocycles. The van der Waals surface area contributed by atoms with Crippen LogP contribution in [0.15, 0.2) is 36.7 Å². The number of carbonyl (C=O) groups is 2. The van der Waals surface area contributed by atoms with Crippen molar-refractivity contribution >= 4 is 17.5 Å². The SMILES string of the molecule is COc1ccc(CNC(=O)C2CC(=O)N(c3cnn(C)c3)C2)cc1. The molecule has 0 bridgehead atoms. The Hall–Kier alpha value is -2.83. The van der Waals surface area contributed by atoms with Crippen molar-refractivity contribution in [1.29, 1.82) is 0 Å². The number of benzene rings is 1. The maximum atomic E-state index is 12.3. The second-order valence-electron chi connectivity index (χ2n) is 5.84. The fourth-order valence-electron chi connectivity index (χ4n) is 2.76. The molecule has 24 heavy (non-hydrogen) atoms. The van der Waals surface area contributed by atoms with E-state index >= 15 is 0 Å². The normalized spacial score (nSPS) is 17.2. The molecule has 1 fully saturated rings. The van der Waals surface area contributed by atoms with E-state index < -0.39 is 0 Å². The third kappa shape index (κ3) is 3.40. The summed E-state index contributed by atoms with van der Waals surface area (Å²) in [6.45, 7) is 0.819. The smallest absolute Gasteiger partial charge is 0.227 e. The van der Waals surface area contributed by atoms with Gasteiger partial charge in [-0.3, -0.25) is 14.3 Å². The molecule has 2 heterocycles. The highest BCUT2D eigenvalue weighted by atomic mass is 16.5. The highest BCUT2D eigenvalue weighted by Gasteiger charge is 2.35. The summed E-state index contributed by atoms with van der Waals surface area (Å²) in [5, 5.41) is 6.96. The fourth-order valence-corrected chi connectivity index (χ4v) is 2.76. The van der Waals surface area contributed by atoms with Crippen LogP contribution in [-0.4, -0.2) is 35.2 Å². The topological polar surface area (TPSA) is 76.5 Å². The molecule has 1 saturated heterocycles. The molecule has 126 valence electrons. The van der Waals surface area contributed by atoms with Crippen LogP contribution in [-0.2, 0) is 23.2 Å². The van der Waals surface area contributed by atoms with Crippen molar-refractivity contribution in [2.45, 2.75) is 13.0 Å². The number of hydrogen-bond donors (Lipinski definition) is 1. The van der Waals surface area contributed by atoms with Crippen molar-refractivity contribution in [2.75, 3.05) is 18.6 Å². The molecular weight excluding hydrogens is 308 g/mol. The zero-order chi connectivity index (χ0) is 17.1. The first-order valence-corrected chi connectivity index (χ1v) is 7.76. The van der Waals surface area contributed by atoms with Crippen LogP contribution < -0.4 is 15.0 Å². The lowest BCUT2D eigenvalue weighted by molar-refractivity contribution is -0.126. The van der Waals surface area contributed by atoms with Crippen LogP contribution in [0.4, 0.5) is 5.69 Å². The van der Waals surface area contributed by atoms with Crippen molar-refractivity contribution in [3.05, 3.63) is 42.2 Å². The third-order valence-corrected chi connectivity index (χ3v) is 4.12. The summed E-state index contributed by atoms with van der Waals surface area (Å²) in [7, 11) is 3.41. The number of nitrogens with zero attached hydrogens (tertiary/aromatic N) is 3. The molecule has 1 aliphatic rings. The number of ether oxygens (including phenoxy) is 1. The Bertz CT molecular complexity index is 739. The molecule has 0 radical (unpaired) electrons. The van der Waals surface area contributed by atoms with Crippen LogP contribution in [0.2, 0.25) is 0 Å². The van der Waals surface area contributed by atoms with Gasteiger partial charge >= 0.3 is 0 Å². The number of methoxy groups -OCH3 is 1. The van der Waals surface area contributed by atoms with Gasteiger partial charge < -0.3 is 15.0 Å². The van der Waals surface area contributed by atoms with E-state index in [1.54, 1.807) is 36.1 Å². The summed E-state index contributed by atoms with van der Waals surface area (Å²) < 4.78 is 6.74. The van der Waals surface area contributed by atoms with Gasteiger partial charge in [-0.15, -0.1) is 0 Å². The molecular formula is C17H20N4O3. The number of hydrogen-bond acceptors (Lipinski definition) is 4. The first kappa shape index (κ1) is 16.0. The quantitative estimate of drug-likeness (QED) is 0.892. The summed E-state index contributed by atoms with van der Waals surface area (Å²) in [6, 6.07) is 7.51. The molecule has 7 nitrogen and oxygen atoms in total. The van der Waals surface area contributed by atoms with E-state index in [1.807, 2.05) is 24.3 Å². The summed E-state index contributed by atoms with van der Waals surface area (Å²) in [4.78, 5) is 26.1. The fraction of sp³-hybridized carbons (Fsp3) is 0.353. The summed E-state index contributed by atoms with van der Waals surface area (Å²) in [5.74, 6) is 0.285. The Morgan fingerprint density at radius 1 is 1.38 bits per heavy atom. The van der Waals surface area contributed by atoms with Crippen LogP contribution in [0.25, 0.3) is 0 Å². The number of aromatic nitrogens is 2. The molecule has 2 amide bonds. The van der Waals surface area contributed by atoms with Gasteiger partial charge in [0.15, 0.2) is 0 Å². The molecule has 1 atom stereocenters. The number of amides is 2. The predicted molar refractivity (Wildman–Crippen MR) is 88.5 cm³/mol. The molecule has 0 saturated carbocycles. The molecule has 1 aromatic carbocycles. The molecule has 1 unspecified atom stereocenters. The number of aryl methyl sites for hydroxylation is 1. The van der Waals surface area contributed by atoms with Crippen LogP contribution in [0.1, 0.15) is 12.0 Å². The van der Waals surface area contributed by atoms with Crippen molar-refractivity contribution in [2.24, 2.45) is 13.0 Å². The van der Waals surface area contributed by atoms with E-state index in [0.29, 0.717) is 13.1 Å². The van der Waals surface area contributed by atoms with Crippen LogP contribution >= 0.6 is 0 Å². The number of rotatable bonds is 5. The maximum absolute atomic E-state index is 12.3. The molecule has 0 aliphatic carbocycles. The monoisotopic (exact) mass is 328 g/mol. The lowest BCUT2D eigenvalue weighted by atomic mass is 10.1. The van der Waals surface area contributed by atoms with Crippen molar-refractivity contribution in [3.8, 4) is 5.75 Å². The van der Waals surface area contributed by atoms with Crippen LogP contribution in [0.5, 0.6) is 5.75 Å². The molecule has 1 aromatic heterocycles. The van der Waals surface area contributed by atoms with Crippen LogP contribution in [0, 0.1) is 5.92 Å². The van der Waals surface area contributed by atoms with E-state index in [2.05, 4.69) is 10.4 Å². The van der Waals surface area contributed by atoms with Crippen LogP contribution in [0.3, 0.4) is 0 Å². The Kier molecular flexibility index (Phi) is 4.50. The Morgan fingerprint density at radius 3 is 2.75 bits per heavy atom. The molecule has 2 aromatic rings. The number of anilines is 1. The van der Waals surface area contributed by atoms with Gasteiger partial charge in [-0.25, -0.2) is 0 Å². The molecule has 0 spiro atoms. The minimum absolute atomic E-state index is 0.0485. The largest absolute Gasteiger partial charge is 0.497 e. The second-order valence-corrected chi connectivity index (χ2v) is 5.84. The predicted octanol–water partition coefficient (Wildman–Crippen LogP) is 1.10. The molecule has 3 rings (SSSR count). The summed E-state index contributed by atoms with van der Waals surface area (Å²) in [5.41, 5.74) is 1.71. The van der Waals surface area contributed by atoms with Gasteiger partial charge in [-0.1, -0.05) is 12.1 Å². The summed E-state index contributed by atoms with van der Waals surface area (Å²) in [6.07, 6.45) is 3.63. The minimum Gasteiger partial charge on any atom is -0.497 e. The van der Waals surface area contributed by atoms with Crippen molar-refractivity contribution < 1.29 is 14.3 Å². The minimum atomic E-state index is -0.337. The van der Waals surface area contributed by atoms with Gasteiger partial charge in [-0.2, -0.15) is 5.10 Å². The van der Waals surface area contributed by atoms with Crippen molar-refractivity contribution in [3.63, 3.8) is 0 Å². The van der Waals surface area contributed by atoms with Gasteiger partial charge in [0.25, 0.3) is 0 Å². The average Bonchev–Trinajstić information content (AvgIpc) is 3.18. The standard InChI is InChI=1S/C17H20N4O3/c1-20-11-14(9-19-20)21-10-13(7-16(21)22)17(23)18-8-12-3-5-15(24-2)6-4-12/h3-6,9,11,13H,7-8,10H2,1-2H3,(H,18,23). The Morgan fingerprint density at radius 2 is 2.12 bits per heavy atom. The van der Waals surface area contributed by atoms with Gasteiger partial charge in [0.2, 0.25) is 11.8 Å². The Labute approximate surface area is 140 Å². The molecule has 7 heteroatoms. The van der Waals surface area contributed by atoms with Gasteiger partial charge in [0, 0.05) is 32.8 Å². The average molecular weight is 328 g/mol. The zero-order valence-corrected chi connectivity index (χ0v) is 13.7. The highest BCUT2D eigenvalue weighted by Crippen LogP contribution is 2.24. The molecule has 1 N–H and O–H groups in total. The lowest BCUT2D eigenvalue weighted by Gasteiger charge is -2.14. The number of carbonyl (C=O) groups excluding carboxylic acids is 2. The van der Waals surface area contributed by atoms with Crippen molar-refractivity contribution in [1.82, 2.24) is 15.1 Å². The first-order valence-electron chi connectivity index (χ1n) is 7.76. The zero-order valence-electron chi connectivity index (χ0n) is 13.7. The van der Waals surface area contributed by atoms with Gasteiger partial charge in [0.05, 0.1) is 24.9 Å². The first-order chi connectivity index (χ1) is 11.6. The highest BCUT2D eigenvalue weighted by molar-refractivity contribution is 6.00. The van der Waals surface area contributed by atoms with E-state index in [9.17, 15) is 9.59 Å². The van der Waals surface area contributed by atoms with Gasteiger partial charge in [-0.05, 0) is 17.7 Å². The second kappa shape index (κ2) is 6.74. The van der Waals surface area contributed by atoms with E-state index in [-0.39, 0.29) is 24.2 Å². The van der Waals surface area contributed by atoms with Gasteiger partial charge in [0.1, 0.15) is 5.75 Å². The van der Waals surface area contributed by atoms with E-state index in [0.717, 1.165) is 17.0 Å². The summed E-state index contributed by atoms with van der Waals surface area (Å²) >= 11 is 0. The number of nitrogens with one attached hydrogen (secondary N) is 1.